The Kier molecular flexibility index (Phi) is 4.47. The van der Waals surface area contributed by atoms with Crippen molar-refractivity contribution in [2.75, 3.05) is 19.6 Å². The molecule has 7 heteroatoms. The smallest absolute Gasteiger partial charge is 0.304 e. The van der Waals surface area contributed by atoms with E-state index in [1.807, 2.05) is 0 Å². The quantitative estimate of drug-likeness (QED) is 0.788. The fourth-order valence-electron chi connectivity index (χ4n) is 2.56. The van der Waals surface area contributed by atoms with E-state index in [0.29, 0.717) is 19.0 Å². The van der Waals surface area contributed by atoms with Gasteiger partial charge in [-0.25, -0.2) is 0 Å². The van der Waals surface area contributed by atoms with E-state index in [-0.39, 0.29) is 19.0 Å². The number of hydrogen-bond acceptors (Lipinski definition) is 3. The van der Waals surface area contributed by atoms with Gasteiger partial charge in [0.15, 0.2) is 0 Å². The molecule has 19 heavy (non-hydrogen) atoms. The fourth-order valence-corrected chi connectivity index (χ4v) is 4.57. The van der Waals surface area contributed by atoms with E-state index < -0.39 is 16.2 Å². The van der Waals surface area contributed by atoms with Crippen LogP contribution in [0.15, 0.2) is 0 Å². The predicted octanol–water partition coefficient (Wildman–Crippen LogP) is 0.902. The zero-order chi connectivity index (χ0) is 14.0. The van der Waals surface area contributed by atoms with Crippen LogP contribution in [0, 0.1) is 5.92 Å². The summed E-state index contributed by atoms with van der Waals surface area (Å²) in [6.07, 6.45) is 3.52. The van der Waals surface area contributed by atoms with Crippen LogP contribution in [0.25, 0.3) is 0 Å². The van der Waals surface area contributed by atoms with E-state index in [9.17, 15) is 13.2 Å². The number of nitrogens with zero attached hydrogens (tertiary/aromatic N) is 2. The molecule has 0 amide bonds. The first-order chi connectivity index (χ1) is 8.91. The second-order valence-electron chi connectivity index (χ2n) is 5.60. The van der Waals surface area contributed by atoms with Crippen molar-refractivity contribution < 1.29 is 18.3 Å². The SMILES string of the molecule is CC1CCCN(S(=O)(=O)N(CCC(=O)O)C2CC2)C1. The fraction of sp³-hybridized carbons (Fsp3) is 0.917. The molecule has 6 nitrogen and oxygen atoms in total. The summed E-state index contributed by atoms with van der Waals surface area (Å²) in [5.41, 5.74) is 0. The van der Waals surface area contributed by atoms with Crippen LogP contribution in [-0.4, -0.2) is 53.8 Å². The maximum absolute atomic E-state index is 12.6. The van der Waals surface area contributed by atoms with E-state index >= 15 is 0 Å². The molecule has 1 saturated heterocycles. The van der Waals surface area contributed by atoms with E-state index in [1.54, 1.807) is 0 Å². The third kappa shape index (κ3) is 3.67. The molecule has 2 rings (SSSR count). The first-order valence-electron chi connectivity index (χ1n) is 6.90. The van der Waals surface area contributed by atoms with Crippen molar-refractivity contribution >= 4 is 16.2 Å². The van der Waals surface area contributed by atoms with Gasteiger partial charge in [-0.1, -0.05) is 6.92 Å². The minimum atomic E-state index is -3.49. The minimum Gasteiger partial charge on any atom is -0.481 e. The first-order valence-corrected chi connectivity index (χ1v) is 8.29. The lowest BCUT2D eigenvalue weighted by molar-refractivity contribution is -0.137. The van der Waals surface area contributed by atoms with Crippen LogP contribution in [0.1, 0.15) is 39.0 Å². The highest BCUT2D eigenvalue weighted by molar-refractivity contribution is 7.86. The summed E-state index contributed by atoms with van der Waals surface area (Å²) in [5, 5.41) is 8.75. The third-order valence-electron chi connectivity index (χ3n) is 3.74. The summed E-state index contributed by atoms with van der Waals surface area (Å²) < 4.78 is 28.1. The minimum absolute atomic E-state index is 0.0154. The zero-order valence-electron chi connectivity index (χ0n) is 11.3. The van der Waals surface area contributed by atoms with Crippen LogP contribution < -0.4 is 0 Å². The van der Waals surface area contributed by atoms with Gasteiger partial charge in [0.05, 0.1) is 6.42 Å². The van der Waals surface area contributed by atoms with Crippen molar-refractivity contribution in [3.8, 4) is 0 Å². The van der Waals surface area contributed by atoms with Crippen molar-refractivity contribution in [1.29, 1.82) is 0 Å². The molecule has 1 heterocycles. The number of carboxylic acid groups (broad SMARTS) is 1. The molecule has 0 bridgehead atoms. The molecule has 0 spiro atoms. The molecule has 110 valence electrons. The number of hydrogen-bond donors (Lipinski definition) is 1. The molecular formula is C12H22N2O4S. The molecule has 0 aromatic carbocycles. The van der Waals surface area contributed by atoms with Gasteiger partial charge in [0.1, 0.15) is 0 Å². The molecule has 0 aromatic heterocycles. The average Bonchev–Trinajstić information content (AvgIpc) is 3.13. The molecule has 0 aromatic rings. The van der Waals surface area contributed by atoms with Gasteiger partial charge in [-0.15, -0.1) is 0 Å². The van der Waals surface area contributed by atoms with Crippen molar-refractivity contribution in [2.45, 2.75) is 45.1 Å². The normalized spacial score (nSPS) is 25.7. The summed E-state index contributed by atoms with van der Waals surface area (Å²) in [5.74, 6) is -0.572. The predicted molar refractivity (Wildman–Crippen MR) is 70.9 cm³/mol. The van der Waals surface area contributed by atoms with Crippen molar-refractivity contribution in [3.63, 3.8) is 0 Å². The summed E-state index contributed by atoms with van der Waals surface area (Å²) in [4.78, 5) is 10.7. The summed E-state index contributed by atoms with van der Waals surface area (Å²) in [6, 6.07) is 0.0154. The lowest BCUT2D eigenvalue weighted by Crippen LogP contribution is -2.49. The molecule has 2 fully saturated rings. The lowest BCUT2D eigenvalue weighted by atomic mass is 10.0. The van der Waals surface area contributed by atoms with Crippen LogP contribution >= 0.6 is 0 Å². The Labute approximate surface area is 114 Å². The number of carbonyl (C=O) groups is 1. The Morgan fingerprint density at radius 3 is 2.58 bits per heavy atom. The average molecular weight is 290 g/mol. The Hall–Kier alpha value is -0.660. The van der Waals surface area contributed by atoms with E-state index in [2.05, 4.69) is 6.92 Å². The highest BCUT2D eigenvalue weighted by Crippen LogP contribution is 2.32. The standard InChI is InChI=1S/C12H22N2O4S/c1-10-3-2-7-13(9-10)19(17,18)14(11-4-5-11)8-6-12(15)16/h10-11H,2-9H2,1H3,(H,15,16). The summed E-state index contributed by atoms with van der Waals surface area (Å²) in [7, 11) is -3.49. The first kappa shape index (κ1) is 14.7. The second kappa shape index (κ2) is 5.76. The molecule has 1 N–H and O–H groups in total. The Balaban J connectivity index is 2.07. The molecule has 0 radical (unpaired) electrons. The van der Waals surface area contributed by atoms with Crippen LogP contribution in [0.4, 0.5) is 0 Å². The molecule has 1 atom stereocenters. The van der Waals surface area contributed by atoms with Crippen LogP contribution in [0.3, 0.4) is 0 Å². The maximum Gasteiger partial charge on any atom is 0.304 e. The number of piperidine rings is 1. The van der Waals surface area contributed by atoms with E-state index in [4.69, 9.17) is 5.11 Å². The summed E-state index contributed by atoms with van der Waals surface area (Å²) in [6.45, 7) is 3.26. The molecule has 1 unspecified atom stereocenters. The summed E-state index contributed by atoms with van der Waals surface area (Å²) >= 11 is 0. The van der Waals surface area contributed by atoms with Gasteiger partial charge in [-0.3, -0.25) is 4.79 Å². The van der Waals surface area contributed by atoms with Gasteiger partial charge in [-0.2, -0.15) is 17.0 Å². The highest BCUT2D eigenvalue weighted by atomic mass is 32.2. The largest absolute Gasteiger partial charge is 0.481 e. The van der Waals surface area contributed by atoms with Gasteiger partial charge in [0, 0.05) is 25.7 Å². The second-order valence-corrected chi connectivity index (χ2v) is 7.48. The Bertz CT molecular complexity index is 433. The highest BCUT2D eigenvalue weighted by Gasteiger charge is 2.41. The number of aliphatic carboxylic acids is 1. The molecule has 1 aliphatic carbocycles. The van der Waals surface area contributed by atoms with E-state index in [0.717, 1.165) is 25.7 Å². The Morgan fingerprint density at radius 1 is 1.37 bits per heavy atom. The van der Waals surface area contributed by atoms with E-state index in [1.165, 1.54) is 8.61 Å². The molecular weight excluding hydrogens is 268 g/mol. The molecule has 1 saturated carbocycles. The lowest BCUT2D eigenvalue weighted by Gasteiger charge is -2.34. The maximum atomic E-state index is 12.6. The number of carboxylic acids is 1. The van der Waals surface area contributed by atoms with Crippen molar-refractivity contribution in [1.82, 2.24) is 8.61 Å². The van der Waals surface area contributed by atoms with Gasteiger partial charge < -0.3 is 5.11 Å². The van der Waals surface area contributed by atoms with Crippen LogP contribution in [0.5, 0.6) is 0 Å². The van der Waals surface area contributed by atoms with Gasteiger partial charge in [0.25, 0.3) is 10.2 Å². The van der Waals surface area contributed by atoms with Gasteiger partial charge in [-0.05, 0) is 31.6 Å². The molecule has 1 aliphatic heterocycles. The van der Waals surface area contributed by atoms with Crippen molar-refractivity contribution in [3.05, 3.63) is 0 Å². The monoisotopic (exact) mass is 290 g/mol. The van der Waals surface area contributed by atoms with Crippen molar-refractivity contribution in [2.24, 2.45) is 5.92 Å². The number of rotatable bonds is 6. The molecule has 2 aliphatic rings. The van der Waals surface area contributed by atoms with Gasteiger partial charge >= 0.3 is 5.97 Å². The van der Waals surface area contributed by atoms with Crippen LogP contribution in [0.2, 0.25) is 0 Å². The Morgan fingerprint density at radius 2 is 2.05 bits per heavy atom. The van der Waals surface area contributed by atoms with Gasteiger partial charge in [0.2, 0.25) is 0 Å². The van der Waals surface area contributed by atoms with Crippen LogP contribution in [-0.2, 0) is 15.0 Å². The third-order valence-corrected chi connectivity index (χ3v) is 5.80. The topological polar surface area (TPSA) is 77.9 Å². The zero-order valence-corrected chi connectivity index (χ0v) is 12.1.